The van der Waals surface area contributed by atoms with Crippen molar-refractivity contribution < 1.29 is 4.74 Å². The van der Waals surface area contributed by atoms with Crippen LogP contribution >= 0.6 is 0 Å². The lowest BCUT2D eigenvalue weighted by molar-refractivity contribution is 0.247. The summed E-state index contributed by atoms with van der Waals surface area (Å²) in [6.45, 7) is 4.30. The Labute approximate surface area is 121 Å². The van der Waals surface area contributed by atoms with Gasteiger partial charge in [-0.2, -0.15) is 5.26 Å². The van der Waals surface area contributed by atoms with E-state index in [0.29, 0.717) is 11.3 Å². The highest BCUT2D eigenvalue weighted by Gasteiger charge is 2.20. The van der Waals surface area contributed by atoms with Crippen molar-refractivity contribution in [2.75, 3.05) is 13.7 Å². The van der Waals surface area contributed by atoms with E-state index in [4.69, 9.17) is 10.00 Å². The van der Waals surface area contributed by atoms with Crippen molar-refractivity contribution in [3.63, 3.8) is 0 Å². The van der Waals surface area contributed by atoms with Crippen LogP contribution in [-0.2, 0) is 6.54 Å². The summed E-state index contributed by atoms with van der Waals surface area (Å²) in [4.78, 5) is 0. The number of ether oxygens (including phenoxy) is 1. The molecule has 2 rings (SSSR count). The predicted octanol–water partition coefficient (Wildman–Crippen LogP) is 3.48. The van der Waals surface area contributed by atoms with Crippen molar-refractivity contribution in [3.8, 4) is 11.8 Å². The van der Waals surface area contributed by atoms with Gasteiger partial charge in [0, 0.05) is 6.54 Å². The summed E-state index contributed by atoms with van der Waals surface area (Å²) in [5.41, 5.74) is 1.77. The summed E-state index contributed by atoms with van der Waals surface area (Å²) >= 11 is 0. The zero-order valence-corrected chi connectivity index (χ0v) is 12.5. The predicted molar refractivity (Wildman–Crippen MR) is 80.5 cm³/mol. The monoisotopic (exact) mass is 272 g/mol. The first-order chi connectivity index (χ1) is 9.74. The molecule has 1 aliphatic rings. The van der Waals surface area contributed by atoms with Crippen LogP contribution in [0.2, 0.25) is 0 Å². The molecule has 0 radical (unpaired) electrons. The highest BCUT2D eigenvalue weighted by molar-refractivity contribution is 5.45. The molecule has 0 heterocycles. The summed E-state index contributed by atoms with van der Waals surface area (Å²) in [6, 6.07) is 7.93. The molecule has 108 valence electrons. The van der Waals surface area contributed by atoms with E-state index in [-0.39, 0.29) is 0 Å². The third-order valence-electron chi connectivity index (χ3n) is 4.41. The van der Waals surface area contributed by atoms with Crippen LogP contribution in [0.1, 0.15) is 43.7 Å². The molecule has 0 aromatic heterocycles. The van der Waals surface area contributed by atoms with Crippen molar-refractivity contribution in [2.45, 2.75) is 39.2 Å². The Balaban J connectivity index is 1.86. The van der Waals surface area contributed by atoms with Crippen LogP contribution in [0.15, 0.2) is 18.2 Å². The molecule has 0 aliphatic heterocycles. The first-order valence-corrected chi connectivity index (χ1v) is 7.52. The second-order valence-corrected chi connectivity index (χ2v) is 5.80. The lowest BCUT2D eigenvalue weighted by Crippen LogP contribution is -2.29. The summed E-state index contributed by atoms with van der Waals surface area (Å²) in [5.74, 6) is 2.31. The zero-order chi connectivity index (χ0) is 14.4. The van der Waals surface area contributed by atoms with Gasteiger partial charge in [0.2, 0.25) is 0 Å². The summed E-state index contributed by atoms with van der Waals surface area (Å²) in [5, 5.41) is 12.5. The van der Waals surface area contributed by atoms with E-state index >= 15 is 0 Å². The first kappa shape index (κ1) is 14.9. The third-order valence-corrected chi connectivity index (χ3v) is 4.41. The van der Waals surface area contributed by atoms with Gasteiger partial charge in [-0.15, -0.1) is 0 Å². The number of nitriles is 1. The van der Waals surface area contributed by atoms with E-state index in [1.165, 1.54) is 31.2 Å². The Bertz CT molecular complexity index is 478. The number of hydrogen-bond donors (Lipinski definition) is 1. The van der Waals surface area contributed by atoms with Gasteiger partial charge in [-0.05, 0) is 42.5 Å². The number of hydrogen-bond acceptors (Lipinski definition) is 3. The lowest BCUT2D eigenvalue weighted by atomic mass is 9.80. The normalized spacial score (nSPS) is 22.2. The van der Waals surface area contributed by atoms with Gasteiger partial charge in [-0.1, -0.05) is 32.3 Å². The lowest BCUT2D eigenvalue weighted by Gasteiger charge is -2.28. The molecule has 1 aromatic rings. The number of nitrogens with zero attached hydrogens (tertiary/aromatic N) is 1. The SMILES string of the molecule is COc1cc(CNCC2CCCCC2C)ccc1C#N. The second-order valence-electron chi connectivity index (χ2n) is 5.80. The fraction of sp³-hybridized carbons (Fsp3) is 0.588. The zero-order valence-electron chi connectivity index (χ0n) is 12.5. The van der Waals surface area contributed by atoms with Crippen LogP contribution in [0, 0.1) is 23.2 Å². The van der Waals surface area contributed by atoms with E-state index in [2.05, 4.69) is 18.3 Å². The van der Waals surface area contributed by atoms with Crippen molar-refractivity contribution >= 4 is 0 Å². The van der Waals surface area contributed by atoms with Gasteiger partial charge in [-0.3, -0.25) is 0 Å². The highest BCUT2D eigenvalue weighted by atomic mass is 16.5. The molecule has 0 spiro atoms. The largest absolute Gasteiger partial charge is 0.495 e. The molecule has 1 saturated carbocycles. The molecule has 1 N–H and O–H groups in total. The van der Waals surface area contributed by atoms with Crippen LogP contribution in [0.5, 0.6) is 5.75 Å². The average molecular weight is 272 g/mol. The molecule has 3 heteroatoms. The van der Waals surface area contributed by atoms with Crippen molar-refractivity contribution in [1.29, 1.82) is 5.26 Å². The molecular weight excluding hydrogens is 248 g/mol. The smallest absolute Gasteiger partial charge is 0.136 e. The number of rotatable bonds is 5. The molecule has 1 aliphatic carbocycles. The molecule has 1 aromatic carbocycles. The second kappa shape index (κ2) is 7.31. The van der Waals surface area contributed by atoms with Crippen LogP contribution in [0.4, 0.5) is 0 Å². The maximum Gasteiger partial charge on any atom is 0.136 e. The number of nitrogens with one attached hydrogen (secondary N) is 1. The Kier molecular flexibility index (Phi) is 5.43. The molecule has 3 nitrogen and oxygen atoms in total. The van der Waals surface area contributed by atoms with Crippen LogP contribution in [0.25, 0.3) is 0 Å². The highest BCUT2D eigenvalue weighted by Crippen LogP contribution is 2.29. The Morgan fingerprint density at radius 2 is 2.15 bits per heavy atom. The van der Waals surface area contributed by atoms with Crippen LogP contribution in [0.3, 0.4) is 0 Å². The molecular formula is C17H24N2O. The fourth-order valence-electron chi connectivity index (χ4n) is 3.04. The Hall–Kier alpha value is -1.53. The molecule has 20 heavy (non-hydrogen) atoms. The van der Waals surface area contributed by atoms with Gasteiger partial charge >= 0.3 is 0 Å². The third kappa shape index (κ3) is 3.74. The maximum atomic E-state index is 8.97. The van der Waals surface area contributed by atoms with Crippen molar-refractivity contribution in [2.24, 2.45) is 11.8 Å². The van der Waals surface area contributed by atoms with Crippen molar-refractivity contribution in [1.82, 2.24) is 5.32 Å². The van der Waals surface area contributed by atoms with E-state index in [9.17, 15) is 0 Å². The fourth-order valence-corrected chi connectivity index (χ4v) is 3.04. The number of benzene rings is 1. The van der Waals surface area contributed by atoms with Gasteiger partial charge in [0.1, 0.15) is 11.8 Å². The quantitative estimate of drug-likeness (QED) is 0.892. The average Bonchev–Trinajstić information content (AvgIpc) is 2.49. The van der Waals surface area contributed by atoms with Gasteiger partial charge in [0.25, 0.3) is 0 Å². The van der Waals surface area contributed by atoms with Crippen LogP contribution < -0.4 is 10.1 Å². The minimum Gasteiger partial charge on any atom is -0.495 e. The Morgan fingerprint density at radius 1 is 1.35 bits per heavy atom. The topological polar surface area (TPSA) is 45.0 Å². The first-order valence-electron chi connectivity index (χ1n) is 7.52. The molecule has 0 bridgehead atoms. The minimum atomic E-state index is 0.595. The van der Waals surface area contributed by atoms with E-state index in [1.807, 2.05) is 18.2 Å². The van der Waals surface area contributed by atoms with Gasteiger partial charge in [0.05, 0.1) is 12.7 Å². The molecule has 2 unspecified atom stereocenters. The van der Waals surface area contributed by atoms with E-state index in [0.717, 1.165) is 24.9 Å². The summed E-state index contributed by atoms with van der Waals surface area (Å²) in [6.07, 6.45) is 5.49. The van der Waals surface area contributed by atoms with E-state index < -0.39 is 0 Å². The van der Waals surface area contributed by atoms with Gasteiger partial charge in [0.15, 0.2) is 0 Å². The number of methoxy groups -OCH3 is 1. The minimum absolute atomic E-state index is 0.595. The Morgan fingerprint density at radius 3 is 2.85 bits per heavy atom. The van der Waals surface area contributed by atoms with Gasteiger partial charge < -0.3 is 10.1 Å². The maximum absolute atomic E-state index is 8.97. The van der Waals surface area contributed by atoms with Crippen molar-refractivity contribution in [3.05, 3.63) is 29.3 Å². The molecule has 0 saturated heterocycles. The molecule has 2 atom stereocenters. The standard InChI is InChI=1S/C17H24N2O/c1-13-5-3-4-6-16(13)12-19-11-14-7-8-15(10-18)17(9-14)20-2/h7-9,13,16,19H,3-6,11-12H2,1-2H3. The molecule has 1 fully saturated rings. The van der Waals surface area contributed by atoms with Crippen LogP contribution in [-0.4, -0.2) is 13.7 Å². The van der Waals surface area contributed by atoms with Gasteiger partial charge in [-0.25, -0.2) is 0 Å². The summed E-state index contributed by atoms with van der Waals surface area (Å²) in [7, 11) is 1.61. The molecule has 0 amide bonds. The summed E-state index contributed by atoms with van der Waals surface area (Å²) < 4.78 is 5.24. The van der Waals surface area contributed by atoms with E-state index in [1.54, 1.807) is 7.11 Å².